The Hall–Kier alpha value is -1.22. The minimum Gasteiger partial charge on any atom is -0.398 e. The lowest BCUT2D eigenvalue weighted by Crippen LogP contribution is -2.36. The van der Waals surface area contributed by atoms with Gasteiger partial charge in [0.2, 0.25) is 0 Å². The third-order valence-electron chi connectivity index (χ3n) is 3.21. The first-order chi connectivity index (χ1) is 7.72. The summed E-state index contributed by atoms with van der Waals surface area (Å²) in [5.41, 5.74) is 10.7. The standard InChI is InChI=1S/C13H20N2O/c1-3-11-9-12(8-10(2)13(11)14)15-4-6-16-7-5-15/h8-9H,3-7,14H2,1-2H3. The number of hydrogen-bond donors (Lipinski definition) is 1. The molecule has 2 rings (SSSR count). The van der Waals surface area contributed by atoms with Crippen molar-refractivity contribution in [1.29, 1.82) is 0 Å². The molecule has 1 aromatic carbocycles. The molecule has 0 atom stereocenters. The van der Waals surface area contributed by atoms with Gasteiger partial charge in [-0.15, -0.1) is 0 Å². The summed E-state index contributed by atoms with van der Waals surface area (Å²) in [6.07, 6.45) is 0.991. The maximum Gasteiger partial charge on any atom is 0.0642 e. The summed E-state index contributed by atoms with van der Waals surface area (Å²) in [4.78, 5) is 2.37. The number of benzene rings is 1. The fourth-order valence-electron chi connectivity index (χ4n) is 2.15. The number of nitrogen functional groups attached to an aromatic ring is 1. The molecule has 16 heavy (non-hydrogen) atoms. The molecule has 1 saturated heterocycles. The predicted molar refractivity (Wildman–Crippen MR) is 68.0 cm³/mol. The number of nitrogens with two attached hydrogens (primary N) is 1. The second-order valence-electron chi connectivity index (χ2n) is 4.29. The Morgan fingerprint density at radius 3 is 2.62 bits per heavy atom. The van der Waals surface area contributed by atoms with Crippen molar-refractivity contribution in [3.8, 4) is 0 Å². The molecule has 1 heterocycles. The third-order valence-corrected chi connectivity index (χ3v) is 3.21. The molecule has 0 aliphatic carbocycles. The number of rotatable bonds is 2. The molecule has 1 aliphatic heterocycles. The van der Waals surface area contributed by atoms with Crippen molar-refractivity contribution < 1.29 is 4.74 Å². The Morgan fingerprint density at radius 2 is 2.00 bits per heavy atom. The van der Waals surface area contributed by atoms with E-state index in [4.69, 9.17) is 10.5 Å². The van der Waals surface area contributed by atoms with E-state index in [9.17, 15) is 0 Å². The summed E-state index contributed by atoms with van der Waals surface area (Å²) in [6.45, 7) is 7.83. The molecular formula is C13H20N2O. The van der Waals surface area contributed by atoms with Gasteiger partial charge < -0.3 is 15.4 Å². The normalized spacial score (nSPS) is 16.5. The number of ether oxygens (including phenoxy) is 1. The number of nitrogens with zero attached hydrogens (tertiary/aromatic N) is 1. The van der Waals surface area contributed by atoms with E-state index in [1.54, 1.807) is 0 Å². The van der Waals surface area contributed by atoms with E-state index in [0.29, 0.717) is 0 Å². The van der Waals surface area contributed by atoms with Gasteiger partial charge in [0.1, 0.15) is 0 Å². The van der Waals surface area contributed by atoms with Crippen molar-refractivity contribution in [2.75, 3.05) is 36.9 Å². The average Bonchev–Trinajstić information content (AvgIpc) is 2.33. The lowest BCUT2D eigenvalue weighted by atomic mass is 10.0. The first kappa shape index (κ1) is 11.3. The van der Waals surface area contributed by atoms with Crippen LogP contribution in [0.25, 0.3) is 0 Å². The summed E-state index contributed by atoms with van der Waals surface area (Å²) in [5, 5.41) is 0. The van der Waals surface area contributed by atoms with E-state index in [0.717, 1.165) is 38.4 Å². The van der Waals surface area contributed by atoms with Gasteiger partial charge in [-0.05, 0) is 36.6 Å². The SMILES string of the molecule is CCc1cc(N2CCOCC2)cc(C)c1N. The van der Waals surface area contributed by atoms with Crippen LogP contribution in [-0.4, -0.2) is 26.3 Å². The zero-order valence-electron chi connectivity index (χ0n) is 10.1. The lowest BCUT2D eigenvalue weighted by Gasteiger charge is -2.29. The molecule has 0 amide bonds. The fraction of sp³-hybridized carbons (Fsp3) is 0.538. The first-order valence-corrected chi connectivity index (χ1v) is 5.94. The topological polar surface area (TPSA) is 38.5 Å². The van der Waals surface area contributed by atoms with E-state index < -0.39 is 0 Å². The summed E-state index contributed by atoms with van der Waals surface area (Å²) in [7, 11) is 0. The highest BCUT2D eigenvalue weighted by Crippen LogP contribution is 2.26. The van der Waals surface area contributed by atoms with Gasteiger partial charge in [-0.1, -0.05) is 6.92 Å². The molecular weight excluding hydrogens is 200 g/mol. The predicted octanol–water partition coefficient (Wildman–Crippen LogP) is 1.98. The Labute approximate surface area is 97.2 Å². The fourth-order valence-corrected chi connectivity index (χ4v) is 2.15. The summed E-state index contributed by atoms with van der Waals surface area (Å²) in [5.74, 6) is 0. The van der Waals surface area contributed by atoms with Gasteiger partial charge in [0.05, 0.1) is 13.2 Å². The molecule has 3 heteroatoms. The van der Waals surface area contributed by atoms with Crippen LogP contribution in [0.4, 0.5) is 11.4 Å². The van der Waals surface area contributed by atoms with E-state index in [1.165, 1.54) is 16.8 Å². The summed E-state index contributed by atoms with van der Waals surface area (Å²) in [6, 6.07) is 4.40. The second kappa shape index (κ2) is 4.74. The quantitative estimate of drug-likeness (QED) is 0.774. The van der Waals surface area contributed by atoms with Crippen LogP contribution in [0.1, 0.15) is 18.1 Å². The second-order valence-corrected chi connectivity index (χ2v) is 4.29. The Morgan fingerprint density at radius 1 is 1.31 bits per heavy atom. The molecule has 0 bridgehead atoms. The zero-order chi connectivity index (χ0) is 11.5. The monoisotopic (exact) mass is 220 g/mol. The van der Waals surface area contributed by atoms with Gasteiger partial charge in [-0.25, -0.2) is 0 Å². The molecule has 0 spiro atoms. The summed E-state index contributed by atoms with van der Waals surface area (Å²) >= 11 is 0. The highest BCUT2D eigenvalue weighted by molar-refractivity contribution is 5.63. The molecule has 2 N–H and O–H groups in total. The van der Waals surface area contributed by atoms with E-state index in [2.05, 4.69) is 30.9 Å². The summed E-state index contributed by atoms with van der Waals surface area (Å²) < 4.78 is 5.37. The van der Waals surface area contributed by atoms with Gasteiger partial charge in [-0.3, -0.25) is 0 Å². The van der Waals surface area contributed by atoms with Crippen LogP contribution in [0.3, 0.4) is 0 Å². The minimum absolute atomic E-state index is 0.824. The van der Waals surface area contributed by atoms with Gasteiger partial charge in [-0.2, -0.15) is 0 Å². The molecule has 0 saturated carbocycles. The van der Waals surface area contributed by atoms with Crippen LogP contribution in [0, 0.1) is 6.92 Å². The van der Waals surface area contributed by atoms with Crippen molar-refractivity contribution >= 4 is 11.4 Å². The van der Waals surface area contributed by atoms with E-state index in [-0.39, 0.29) is 0 Å². The van der Waals surface area contributed by atoms with Crippen LogP contribution >= 0.6 is 0 Å². The van der Waals surface area contributed by atoms with Crippen LogP contribution in [0.2, 0.25) is 0 Å². The van der Waals surface area contributed by atoms with Crippen LogP contribution in [0.5, 0.6) is 0 Å². The Balaban J connectivity index is 2.29. The largest absolute Gasteiger partial charge is 0.398 e. The molecule has 88 valence electrons. The van der Waals surface area contributed by atoms with Crippen molar-refractivity contribution in [3.63, 3.8) is 0 Å². The zero-order valence-corrected chi connectivity index (χ0v) is 10.1. The first-order valence-electron chi connectivity index (χ1n) is 5.94. The number of hydrogen-bond acceptors (Lipinski definition) is 3. The average molecular weight is 220 g/mol. The third kappa shape index (κ3) is 2.14. The smallest absolute Gasteiger partial charge is 0.0642 e. The molecule has 0 radical (unpaired) electrons. The van der Waals surface area contributed by atoms with Gasteiger partial charge in [0.25, 0.3) is 0 Å². The van der Waals surface area contributed by atoms with Crippen molar-refractivity contribution in [2.24, 2.45) is 0 Å². The van der Waals surface area contributed by atoms with Gasteiger partial charge >= 0.3 is 0 Å². The maximum atomic E-state index is 6.05. The van der Waals surface area contributed by atoms with E-state index >= 15 is 0 Å². The van der Waals surface area contributed by atoms with Crippen LogP contribution in [0.15, 0.2) is 12.1 Å². The highest BCUT2D eigenvalue weighted by atomic mass is 16.5. The van der Waals surface area contributed by atoms with Gasteiger partial charge in [0, 0.05) is 24.5 Å². The number of anilines is 2. The maximum absolute atomic E-state index is 6.05. The van der Waals surface area contributed by atoms with Crippen molar-refractivity contribution in [3.05, 3.63) is 23.3 Å². The van der Waals surface area contributed by atoms with Crippen LogP contribution < -0.4 is 10.6 Å². The molecule has 0 aromatic heterocycles. The highest BCUT2D eigenvalue weighted by Gasteiger charge is 2.13. The minimum atomic E-state index is 0.824. The van der Waals surface area contributed by atoms with Gasteiger partial charge in [0.15, 0.2) is 0 Å². The molecule has 1 aliphatic rings. The van der Waals surface area contributed by atoms with Crippen LogP contribution in [-0.2, 0) is 11.2 Å². The lowest BCUT2D eigenvalue weighted by molar-refractivity contribution is 0.122. The Bertz CT molecular complexity index is 370. The number of morpholine rings is 1. The Kier molecular flexibility index (Phi) is 3.34. The molecule has 3 nitrogen and oxygen atoms in total. The van der Waals surface area contributed by atoms with Crippen molar-refractivity contribution in [2.45, 2.75) is 20.3 Å². The van der Waals surface area contributed by atoms with Crippen molar-refractivity contribution in [1.82, 2.24) is 0 Å². The molecule has 1 aromatic rings. The molecule has 1 fully saturated rings. The molecule has 0 unspecified atom stereocenters. The van der Waals surface area contributed by atoms with E-state index in [1.807, 2.05) is 0 Å². The number of aryl methyl sites for hydroxylation is 2.